The van der Waals surface area contributed by atoms with Gasteiger partial charge in [-0.15, -0.1) is 0 Å². The second-order valence-corrected chi connectivity index (χ2v) is 5.25. The minimum Gasteiger partial charge on any atom is -0.394 e. The van der Waals surface area contributed by atoms with E-state index in [1.165, 1.54) is 6.20 Å². The molecule has 0 radical (unpaired) electrons. The third kappa shape index (κ3) is 3.01. The van der Waals surface area contributed by atoms with Crippen LogP contribution in [0, 0.1) is 0 Å². The van der Waals surface area contributed by atoms with Crippen molar-refractivity contribution >= 4 is 0 Å². The van der Waals surface area contributed by atoms with E-state index < -0.39 is 11.2 Å². The lowest BCUT2D eigenvalue weighted by Crippen LogP contribution is -2.31. The lowest BCUT2D eigenvalue weighted by molar-refractivity contribution is -0.178. The highest BCUT2D eigenvalue weighted by molar-refractivity contribution is 5.16. The van der Waals surface area contributed by atoms with E-state index in [9.17, 15) is 14.7 Å². The van der Waals surface area contributed by atoms with Crippen LogP contribution in [-0.4, -0.2) is 32.8 Å². The summed E-state index contributed by atoms with van der Waals surface area (Å²) >= 11 is 0. The van der Waals surface area contributed by atoms with Crippen LogP contribution >= 0.6 is 0 Å². The van der Waals surface area contributed by atoms with Gasteiger partial charge in [0.2, 0.25) is 0 Å². The van der Waals surface area contributed by atoms with Gasteiger partial charge in [-0.1, -0.05) is 30.3 Å². The molecule has 7 nitrogen and oxygen atoms in total. The lowest BCUT2D eigenvalue weighted by Gasteiger charge is -2.22. The molecular weight excluding hydrogens is 286 g/mol. The second kappa shape index (κ2) is 6.27. The van der Waals surface area contributed by atoms with Crippen molar-refractivity contribution in [2.75, 3.05) is 6.61 Å². The molecule has 116 valence electrons. The number of aliphatic hydroxyl groups is 1. The molecule has 1 aliphatic heterocycles. The zero-order valence-corrected chi connectivity index (χ0v) is 11.9. The highest BCUT2D eigenvalue weighted by Gasteiger charge is 2.35. The first kappa shape index (κ1) is 14.7. The third-order valence-electron chi connectivity index (χ3n) is 3.71. The predicted molar refractivity (Wildman–Crippen MR) is 79.0 cm³/mol. The van der Waals surface area contributed by atoms with Crippen molar-refractivity contribution in [2.45, 2.75) is 25.1 Å². The quantitative estimate of drug-likeness (QED) is 0.755. The predicted octanol–water partition coefficient (Wildman–Crippen LogP) is 0.303. The molecule has 7 heteroatoms. The van der Waals surface area contributed by atoms with Crippen molar-refractivity contribution in [3.05, 3.63) is 68.5 Å². The van der Waals surface area contributed by atoms with Crippen LogP contribution in [0.1, 0.15) is 23.6 Å². The van der Waals surface area contributed by atoms with Gasteiger partial charge in [0, 0.05) is 19.2 Å². The first-order chi connectivity index (χ1) is 10.7. The summed E-state index contributed by atoms with van der Waals surface area (Å²) in [6.45, 7) is 0.365. The Hall–Kier alpha value is -2.22. The summed E-state index contributed by atoms with van der Waals surface area (Å²) in [4.78, 5) is 33.6. The molecule has 0 aliphatic carbocycles. The van der Waals surface area contributed by atoms with Crippen molar-refractivity contribution < 1.29 is 9.94 Å². The van der Waals surface area contributed by atoms with Crippen molar-refractivity contribution in [3.8, 4) is 0 Å². The maximum Gasteiger partial charge on any atom is 0.325 e. The fourth-order valence-electron chi connectivity index (χ4n) is 2.64. The summed E-state index contributed by atoms with van der Waals surface area (Å²) in [7, 11) is 0. The molecule has 22 heavy (non-hydrogen) atoms. The molecule has 1 aliphatic rings. The summed E-state index contributed by atoms with van der Waals surface area (Å²) in [5, 5.41) is 11.0. The van der Waals surface area contributed by atoms with E-state index in [1.54, 1.807) is 5.06 Å². The topological polar surface area (TPSA) is 98.4 Å². The highest BCUT2D eigenvalue weighted by atomic mass is 16.7. The molecule has 1 aromatic heterocycles. The molecule has 1 aromatic carbocycles. The zero-order chi connectivity index (χ0) is 15.5. The van der Waals surface area contributed by atoms with Crippen molar-refractivity contribution in [1.82, 2.24) is 15.0 Å². The summed E-state index contributed by atoms with van der Waals surface area (Å²) < 4.78 is 0. The number of aliphatic hydroxyl groups excluding tert-OH is 1. The minimum atomic E-state index is -0.541. The zero-order valence-electron chi connectivity index (χ0n) is 11.9. The number of rotatable bonds is 4. The Balaban J connectivity index is 1.89. The van der Waals surface area contributed by atoms with Crippen LogP contribution in [0.25, 0.3) is 0 Å². The second-order valence-electron chi connectivity index (χ2n) is 5.25. The molecule has 3 N–H and O–H groups in total. The maximum absolute atomic E-state index is 12.0. The molecule has 1 saturated heterocycles. The number of aromatic nitrogens is 2. The van der Waals surface area contributed by atoms with E-state index in [2.05, 4.69) is 9.97 Å². The summed E-state index contributed by atoms with van der Waals surface area (Å²) in [6.07, 6.45) is 1.53. The number of nitrogens with one attached hydrogen (secondary N) is 2. The van der Waals surface area contributed by atoms with Gasteiger partial charge in [-0.3, -0.25) is 14.6 Å². The van der Waals surface area contributed by atoms with Crippen molar-refractivity contribution in [3.63, 3.8) is 0 Å². The van der Waals surface area contributed by atoms with Gasteiger partial charge in [-0.2, -0.15) is 5.06 Å². The van der Waals surface area contributed by atoms with Gasteiger partial charge in [-0.05, 0) is 5.56 Å². The molecule has 2 heterocycles. The van der Waals surface area contributed by atoms with Gasteiger partial charge in [0.05, 0.1) is 18.2 Å². The Morgan fingerprint density at radius 2 is 2.05 bits per heavy atom. The molecule has 0 saturated carbocycles. The van der Waals surface area contributed by atoms with E-state index in [1.807, 2.05) is 30.3 Å². The molecule has 0 spiro atoms. The van der Waals surface area contributed by atoms with E-state index in [-0.39, 0.29) is 18.8 Å². The molecular formula is C15H17N3O4. The number of hydrogen-bond donors (Lipinski definition) is 3. The molecule has 1 fully saturated rings. The summed E-state index contributed by atoms with van der Waals surface area (Å²) in [6, 6.07) is 9.38. The third-order valence-corrected chi connectivity index (χ3v) is 3.71. The molecule has 3 rings (SSSR count). The van der Waals surface area contributed by atoms with E-state index in [0.717, 1.165) is 5.56 Å². The molecule has 0 amide bonds. The van der Waals surface area contributed by atoms with Crippen LogP contribution < -0.4 is 11.2 Å². The van der Waals surface area contributed by atoms with Gasteiger partial charge in [0.15, 0.2) is 0 Å². The molecule has 0 bridgehead atoms. The maximum atomic E-state index is 12.0. The fourth-order valence-corrected chi connectivity index (χ4v) is 2.64. The Labute approximate surface area is 126 Å². The van der Waals surface area contributed by atoms with Crippen LogP contribution in [0.5, 0.6) is 0 Å². The van der Waals surface area contributed by atoms with E-state index >= 15 is 0 Å². The summed E-state index contributed by atoms with van der Waals surface area (Å²) in [5.41, 5.74) is 0.480. The van der Waals surface area contributed by atoms with E-state index in [4.69, 9.17) is 4.84 Å². The largest absolute Gasteiger partial charge is 0.394 e. The van der Waals surface area contributed by atoms with Crippen LogP contribution in [0.3, 0.4) is 0 Å². The Bertz CT molecular complexity index is 740. The fraction of sp³-hybridized carbons (Fsp3) is 0.333. The Morgan fingerprint density at radius 1 is 1.27 bits per heavy atom. The summed E-state index contributed by atoms with van der Waals surface area (Å²) in [5.74, 6) is 0. The smallest absolute Gasteiger partial charge is 0.325 e. The first-order valence-electron chi connectivity index (χ1n) is 7.07. The Morgan fingerprint density at radius 3 is 2.73 bits per heavy atom. The van der Waals surface area contributed by atoms with Gasteiger partial charge in [0.25, 0.3) is 5.56 Å². The monoisotopic (exact) mass is 303 g/mol. The van der Waals surface area contributed by atoms with Gasteiger partial charge in [-0.25, -0.2) is 4.79 Å². The lowest BCUT2D eigenvalue weighted by atomic mass is 10.0. The number of hydrogen-bond acceptors (Lipinski definition) is 5. The van der Waals surface area contributed by atoms with Crippen LogP contribution in [0.15, 0.2) is 46.1 Å². The van der Waals surface area contributed by atoms with Gasteiger partial charge < -0.3 is 10.1 Å². The number of benzene rings is 1. The SMILES string of the molecule is O=c1[nH]cc([C@H]2C[C@H](CO)ON2Cc2ccccc2)c(=O)[nH]1. The Kier molecular flexibility index (Phi) is 4.19. The first-order valence-corrected chi connectivity index (χ1v) is 7.07. The molecule has 2 aromatic rings. The van der Waals surface area contributed by atoms with Gasteiger partial charge in [0.1, 0.15) is 6.10 Å². The molecule has 0 unspecified atom stereocenters. The number of H-pyrrole nitrogens is 2. The van der Waals surface area contributed by atoms with Gasteiger partial charge >= 0.3 is 5.69 Å². The molecule has 2 atom stereocenters. The minimum absolute atomic E-state index is 0.122. The average Bonchev–Trinajstić information content (AvgIpc) is 2.91. The number of hydroxylamine groups is 2. The van der Waals surface area contributed by atoms with Crippen LogP contribution in [0.2, 0.25) is 0 Å². The number of nitrogens with zero attached hydrogens (tertiary/aromatic N) is 1. The van der Waals surface area contributed by atoms with Crippen LogP contribution in [0.4, 0.5) is 0 Å². The van der Waals surface area contributed by atoms with Crippen molar-refractivity contribution in [2.24, 2.45) is 0 Å². The average molecular weight is 303 g/mol. The highest BCUT2D eigenvalue weighted by Crippen LogP contribution is 2.33. The van der Waals surface area contributed by atoms with Crippen LogP contribution in [-0.2, 0) is 11.4 Å². The standard InChI is InChI=1S/C15H17N3O4/c19-9-11-6-13(12-7-16-15(21)17-14(12)20)18(22-11)8-10-4-2-1-3-5-10/h1-5,7,11,13,19H,6,8-9H2,(H2,16,17,20,21)/t11-,13-/m1/s1. The normalized spacial score (nSPS) is 22.0. The number of aromatic amines is 2. The van der Waals surface area contributed by atoms with E-state index in [0.29, 0.717) is 18.5 Å². The van der Waals surface area contributed by atoms with Crippen molar-refractivity contribution in [1.29, 1.82) is 0 Å².